The van der Waals surface area contributed by atoms with Gasteiger partial charge in [-0.15, -0.1) is 0 Å². The summed E-state index contributed by atoms with van der Waals surface area (Å²) in [5.74, 6) is -2.81. The molecule has 0 spiro atoms. The Bertz CT molecular complexity index is 1240. The number of hydrogen-bond donors (Lipinski definition) is 1. The number of halogens is 2. The number of para-hydroxylation sites is 1. The van der Waals surface area contributed by atoms with Gasteiger partial charge in [-0.1, -0.05) is 18.2 Å². The summed E-state index contributed by atoms with van der Waals surface area (Å²) < 4.78 is 27.4. The van der Waals surface area contributed by atoms with Crippen LogP contribution in [0.3, 0.4) is 0 Å². The molecule has 1 N–H and O–H groups in total. The molecule has 4 rings (SSSR count). The van der Waals surface area contributed by atoms with Gasteiger partial charge in [-0.05, 0) is 61.9 Å². The zero-order valence-corrected chi connectivity index (χ0v) is 16.8. The maximum atomic E-state index is 14.0. The third-order valence-electron chi connectivity index (χ3n) is 5.28. The number of benzene rings is 3. The molecule has 3 aromatic rings. The van der Waals surface area contributed by atoms with Crippen molar-refractivity contribution >= 4 is 23.4 Å². The molecule has 5 nitrogen and oxygen atoms in total. The van der Waals surface area contributed by atoms with Crippen molar-refractivity contribution < 1.29 is 23.2 Å². The highest BCUT2D eigenvalue weighted by atomic mass is 19.1. The van der Waals surface area contributed by atoms with Gasteiger partial charge in [0.15, 0.2) is 0 Å². The standard InChI is InChI=1S/C24H18F2N2O3/c1-13-5-3-4-6-21(13)28-23(30)17-9-7-15(11-19(17)24(28)31)22(29)27-14(2)18-12-16(25)8-10-20(18)26/h3-12,14H,1-2H3,(H,27,29). The van der Waals surface area contributed by atoms with Crippen molar-refractivity contribution in [3.63, 3.8) is 0 Å². The van der Waals surface area contributed by atoms with Crippen LogP contribution in [0.5, 0.6) is 0 Å². The van der Waals surface area contributed by atoms with Crippen LogP contribution in [0, 0.1) is 18.6 Å². The van der Waals surface area contributed by atoms with Crippen LogP contribution in [0.4, 0.5) is 14.5 Å². The molecule has 1 aliphatic heterocycles. The molecule has 0 saturated carbocycles. The third kappa shape index (κ3) is 3.59. The summed E-state index contributed by atoms with van der Waals surface area (Å²) in [5, 5.41) is 2.59. The first-order valence-electron chi connectivity index (χ1n) is 9.62. The summed E-state index contributed by atoms with van der Waals surface area (Å²) >= 11 is 0. The average Bonchev–Trinajstić information content (AvgIpc) is 3.00. The molecular formula is C24H18F2N2O3. The predicted molar refractivity (Wildman–Crippen MR) is 111 cm³/mol. The number of imide groups is 1. The van der Waals surface area contributed by atoms with Gasteiger partial charge in [-0.25, -0.2) is 13.7 Å². The third-order valence-corrected chi connectivity index (χ3v) is 5.28. The van der Waals surface area contributed by atoms with Crippen LogP contribution in [0.15, 0.2) is 60.7 Å². The van der Waals surface area contributed by atoms with E-state index in [1.54, 1.807) is 25.1 Å². The molecular weight excluding hydrogens is 402 g/mol. The normalized spacial score (nSPS) is 13.9. The molecule has 0 bridgehead atoms. The number of rotatable bonds is 4. The number of hydrogen-bond acceptors (Lipinski definition) is 3. The monoisotopic (exact) mass is 420 g/mol. The maximum Gasteiger partial charge on any atom is 0.266 e. The van der Waals surface area contributed by atoms with Gasteiger partial charge >= 0.3 is 0 Å². The summed E-state index contributed by atoms with van der Waals surface area (Å²) in [5.41, 5.74) is 1.71. The Balaban J connectivity index is 1.61. The van der Waals surface area contributed by atoms with Gasteiger partial charge in [0.2, 0.25) is 0 Å². The first-order chi connectivity index (χ1) is 14.8. The highest BCUT2D eigenvalue weighted by molar-refractivity contribution is 6.35. The molecule has 156 valence electrons. The smallest absolute Gasteiger partial charge is 0.266 e. The van der Waals surface area contributed by atoms with Gasteiger partial charge in [0, 0.05) is 11.1 Å². The van der Waals surface area contributed by atoms with Gasteiger partial charge in [-0.3, -0.25) is 14.4 Å². The van der Waals surface area contributed by atoms with Crippen LogP contribution < -0.4 is 10.2 Å². The van der Waals surface area contributed by atoms with Crippen LogP contribution in [-0.2, 0) is 0 Å². The van der Waals surface area contributed by atoms with E-state index in [9.17, 15) is 23.2 Å². The Morgan fingerprint density at radius 2 is 1.65 bits per heavy atom. The van der Waals surface area contributed by atoms with Crippen molar-refractivity contribution in [3.8, 4) is 0 Å². The average molecular weight is 420 g/mol. The number of aryl methyl sites for hydroxylation is 1. The van der Waals surface area contributed by atoms with Crippen molar-refractivity contribution in [2.75, 3.05) is 4.90 Å². The van der Waals surface area contributed by atoms with E-state index >= 15 is 0 Å². The molecule has 1 heterocycles. The van der Waals surface area contributed by atoms with Crippen molar-refractivity contribution in [2.24, 2.45) is 0 Å². The SMILES string of the molecule is Cc1ccccc1N1C(=O)c2ccc(C(=O)NC(C)c3cc(F)ccc3F)cc2C1=O. The van der Waals surface area contributed by atoms with Crippen molar-refractivity contribution in [3.05, 3.63) is 100 Å². The van der Waals surface area contributed by atoms with E-state index in [2.05, 4.69) is 5.32 Å². The van der Waals surface area contributed by atoms with E-state index < -0.39 is 35.4 Å². The predicted octanol–water partition coefficient (Wildman–Crippen LogP) is 4.56. The largest absolute Gasteiger partial charge is 0.345 e. The zero-order chi connectivity index (χ0) is 22.3. The van der Waals surface area contributed by atoms with Crippen molar-refractivity contribution in [1.29, 1.82) is 0 Å². The van der Waals surface area contributed by atoms with E-state index in [1.807, 2.05) is 6.07 Å². The Kier molecular flexibility index (Phi) is 5.10. The molecule has 1 unspecified atom stereocenters. The molecule has 0 fully saturated rings. The second-order valence-electron chi connectivity index (χ2n) is 7.35. The van der Waals surface area contributed by atoms with Gasteiger partial charge < -0.3 is 5.32 Å². The summed E-state index contributed by atoms with van der Waals surface area (Å²) in [6.45, 7) is 3.32. The second kappa shape index (κ2) is 7.75. The van der Waals surface area contributed by atoms with E-state index in [1.165, 1.54) is 25.1 Å². The first-order valence-corrected chi connectivity index (χ1v) is 9.62. The van der Waals surface area contributed by atoms with E-state index in [-0.39, 0.29) is 22.3 Å². The summed E-state index contributed by atoms with van der Waals surface area (Å²) in [7, 11) is 0. The summed E-state index contributed by atoms with van der Waals surface area (Å²) in [6.07, 6.45) is 0. The van der Waals surface area contributed by atoms with Gasteiger partial charge in [0.05, 0.1) is 22.9 Å². The second-order valence-corrected chi connectivity index (χ2v) is 7.35. The zero-order valence-electron chi connectivity index (χ0n) is 16.8. The van der Waals surface area contributed by atoms with E-state index in [4.69, 9.17) is 0 Å². The molecule has 0 aliphatic carbocycles. The molecule has 0 saturated heterocycles. The lowest BCUT2D eigenvalue weighted by Gasteiger charge is -2.16. The topological polar surface area (TPSA) is 66.5 Å². The number of nitrogens with one attached hydrogen (secondary N) is 1. The lowest BCUT2D eigenvalue weighted by molar-refractivity contribution is 0.0921. The van der Waals surface area contributed by atoms with Crippen LogP contribution in [0.2, 0.25) is 0 Å². The van der Waals surface area contributed by atoms with Gasteiger partial charge in [0.25, 0.3) is 17.7 Å². The number of nitrogens with zero attached hydrogens (tertiary/aromatic N) is 1. The highest BCUT2D eigenvalue weighted by Gasteiger charge is 2.37. The number of fused-ring (bicyclic) bond motifs is 1. The number of amides is 3. The minimum atomic E-state index is -0.808. The number of carbonyl (C=O) groups is 3. The van der Waals surface area contributed by atoms with Crippen molar-refractivity contribution in [1.82, 2.24) is 5.32 Å². The van der Waals surface area contributed by atoms with Crippen LogP contribution >= 0.6 is 0 Å². The Labute approximate surface area is 177 Å². The number of anilines is 1. The van der Waals surface area contributed by atoms with Gasteiger partial charge in [-0.2, -0.15) is 0 Å². The molecule has 0 radical (unpaired) electrons. The Morgan fingerprint density at radius 3 is 2.39 bits per heavy atom. The Hall–Kier alpha value is -3.87. The minimum Gasteiger partial charge on any atom is -0.345 e. The number of carbonyl (C=O) groups excluding carboxylic acids is 3. The lowest BCUT2D eigenvalue weighted by atomic mass is 10.0. The van der Waals surface area contributed by atoms with E-state index in [0.29, 0.717) is 5.69 Å². The summed E-state index contributed by atoms with van der Waals surface area (Å²) in [6, 6.07) is 13.4. The minimum absolute atomic E-state index is 0.00601. The fourth-order valence-corrected chi connectivity index (χ4v) is 3.62. The molecule has 3 aromatic carbocycles. The summed E-state index contributed by atoms with van der Waals surface area (Å²) in [4.78, 5) is 39.5. The van der Waals surface area contributed by atoms with Crippen LogP contribution in [-0.4, -0.2) is 17.7 Å². The van der Waals surface area contributed by atoms with Gasteiger partial charge in [0.1, 0.15) is 11.6 Å². The quantitative estimate of drug-likeness (QED) is 0.629. The Morgan fingerprint density at radius 1 is 0.935 bits per heavy atom. The molecule has 3 amide bonds. The van der Waals surface area contributed by atoms with Crippen LogP contribution in [0.1, 0.15) is 55.2 Å². The van der Waals surface area contributed by atoms with Crippen molar-refractivity contribution in [2.45, 2.75) is 19.9 Å². The molecule has 31 heavy (non-hydrogen) atoms. The molecule has 0 aromatic heterocycles. The molecule has 7 heteroatoms. The fourth-order valence-electron chi connectivity index (χ4n) is 3.62. The first kappa shape index (κ1) is 20.4. The maximum absolute atomic E-state index is 14.0. The fraction of sp³-hybridized carbons (Fsp3) is 0.125. The van der Waals surface area contributed by atoms with E-state index in [0.717, 1.165) is 28.7 Å². The molecule has 1 aliphatic rings. The lowest BCUT2D eigenvalue weighted by Crippen LogP contribution is -2.30. The molecule has 1 atom stereocenters. The highest BCUT2D eigenvalue weighted by Crippen LogP contribution is 2.31. The van der Waals surface area contributed by atoms with Crippen LogP contribution in [0.25, 0.3) is 0 Å².